The van der Waals surface area contributed by atoms with Gasteiger partial charge in [-0.2, -0.15) is 0 Å². The third kappa shape index (κ3) is 3.64. The molecule has 1 aliphatic heterocycles. The van der Waals surface area contributed by atoms with E-state index in [-0.39, 0.29) is 11.9 Å². The van der Waals surface area contributed by atoms with Crippen LogP contribution in [-0.2, 0) is 9.53 Å². The van der Waals surface area contributed by atoms with Crippen LogP contribution in [0.4, 0.5) is 0 Å². The lowest BCUT2D eigenvalue weighted by atomic mass is 10.1. The average molecular weight is 200 g/mol. The first-order chi connectivity index (χ1) is 6.59. The molecule has 0 radical (unpaired) electrons. The summed E-state index contributed by atoms with van der Waals surface area (Å²) in [5.41, 5.74) is 0. The number of nitrogens with zero attached hydrogens (tertiary/aromatic N) is 1. The second kappa shape index (κ2) is 5.32. The van der Waals surface area contributed by atoms with Gasteiger partial charge in [0, 0.05) is 39.2 Å². The van der Waals surface area contributed by atoms with Gasteiger partial charge in [0.2, 0.25) is 5.91 Å². The van der Waals surface area contributed by atoms with Gasteiger partial charge >= 0.3 is 0 Å². The minimum Gasteiger partial charge on any atom is -0.380 e. The molecule has 4 heteroatoms. The monoisotopic (exact) mass is 200 g/mol. The third-order valence-electron chi connectivity index (χ3n) is 2.43. The summed E-state index contributed by atoms with van der Waals surface area (Å²) in [6.07, 6.45) is 1.62. The van der Waals surface area contributed by atoms with Gasteiger partial charge in [0.05, 0.1) is 6.61 Å². The van der Waals surface area contributed by atoms with Gasteiger partial charge < -0.3 is 15.0 Å². The topological polar surface area (TPSA) is 41.6 Å². The van der Waals surface area contributed by atoms with Crippen LogP contribution in [0.3, 0.4) is 0 Å². The molecular weight excluding hydrogens is 180 g/mol. The van der Waals surface area contributed by atoms with E-state index in [1.807, 2.05) is 6.92 Å². The van der Waals surface area contributed by atoms with Crippen molar-refractivity contribution in [2.45, 2.75) is 31.8 Å². The highest BCUT2D eigenvalue weighted by Gasteiger charge is 2.19. The predicted molar refractivity (Wildman–Crippen MR) is 55.1 cm³/mol. The lowest BCUT2D eigenvalue weighted by Gasteiger charge is -2.19. The van der Waals surface area contributed by atoms with Gasteiger partial charge in [-0.1, -0.05) is 0 Å². The molecule has 1 saturated heterocycles. The summed E-state index contributed by atoms with van der Waals surface area (Å²) in [5, 5.41) is 3.39. The van der Waals surface area contributed by atoms with Crippen molar-refractivity contribution in [3.63, 3.8) is 0 Å². The van der Waals surface area contributed by atoms with Crippen molar-refractivity contribution >= 4 is 5.91 Å². The van der Waals surface area contributed by atoms with E-state index in [0.717, 1.165) is 19.6 Å². The second-order valence-electron chi connectivity index (χ2n) is 4.12. The van der Waals surface area contributed by atoms with E-state index in [1.54, 1.807) is 19.0 Å². The number of carbonyl (C=O) groups excluding carboxylic acids is 1. The standard InChI is InChI=1S/C10H20N2O2/c1-8(6-10(13)12(2)3)11-9-4-5-14-7-9/h8-9,11H,4-7H2,1-3H3. The number of amides is 1. The summed E-state index contributed by atoms with van der Waals surface area (Å²) in [5.74, 6) is 0.170. The van der Waals surface area contributed by atoms with Crippen LogP contribution in [0.25, 0.3) is 0 Å². The van der Waals surface area contributed by atoms with Crippen LogP contribution in [0.1, 0.15) is 19.8 Å². The maximum absolute atomic E-state index is 11.4. The van der Waals surface area contributed by atoms with E-state index >= 15 is 0 Å². The summed E-state index contributed by atoms with van der Waals surface area (Å²) in [6.45, 7) is 3.66. The van der Waals surface area contributed by atoms with E-state index in [1.165, 1.54) is 0 Å². The lowest BCUT2D eigenvalue weighted by molar-refractivity contribution is -0.129. The van der Waals surface area contributed by atoms with E-state index < -0.39 is 0 Å². The second-order valence-corrected chi connectivity index (χ2v) is 4.12. The molecule has 1 rings (SSSR count). The molecule has 1 fully saturated rings. The molecule has 1 aliphatic rings. The predicted octanol–water partition coefficient (Wildman–Crippen LogP) is 0.232. The van der Waals surface area contributed by atoms with Gasteiger partial charge in [0.15, 0.2) is 0 Å². The van der Waals surface area contributed by atoms with Gasteiger partial charge in [0.1, 0.15) is 0 Å². The summed E-state index contributed by atoms with van der Waals surface area (Å²) >= 11 is 0. The van der Waals surface area contributed by atoms with Crippen LogP contribution in [0.5, 0.6) is 0 Å². The molecule has 0 bridgehead atoms. The van der Waals surface area contributed by atoms with Gasteiger partial charge in [-0.25, -0.2) is 0 Å². The molecule has 0 aliphatic carbocycles. The normalized spacial score (nSPS) is 23.5. The highest BCUT2D eigenvalue weighted by atomic mass is 16.5. The molecule has 1 heterocycles. The molecule has 2 atom stereocenters. The van der Waals surface area contributed by atoms with E-state index in [9.17, 15) is 4.79 Å². The molecule has 0 spiro atoms. The number of hydrogen-bond acceptors (Lipinski definition) is 3. The molecule has 0 aromatic carbocycles. The van der Waals surface area contributed by atoms with Gasteiger partial charge in [0.25, 0.3) is 0 Å². The lowest BCUT2D eigenvalue weighted by Crippen LogP contribution is -2.39. The summed E-state index contributed by atoms with van der Waals surface area (Å²) < 4.78 is 5.25. The number of rotatable bonds is 4. The molecule has 0 aromatic heterocycles. The molecule has 1 amide bonds. The van der Waals surface area contributed by atoms with Crippen molar-refractivity contribution in [2.75, 3.05) is 27.3 Å². The summed E-state index contributed by atoms with van der Waals surface area (Å²) in [7, 11) is 3.57. The number of ether oxygens (including phenoxy) is 1. The van der Waals surface area contributed by atoms with Crippen molar-refractivity contribution < 1.29 is 9.53 Å². The Labute approximate surface area is 85.6 Å². The van der Waals surface area contributed by atoms with Gasteiger partial charge in [-0.15, -0.1) is 0 Å². The Morgan fingerprint density at radius 1 is 1.64 bits per heavy atom. The third-order valence-corrected chi connectivity index (χ3v) is 2.43. The molecule has 0 saturated carbocycles. The zero-order valence-corrected chi connectivity index (χ0v) is 9.25. The zero-order chi connectivity index (χ0) is 10.6. The SMILES string of the molecule is CC(CC(=O)N(C)C)NC1CCOC1. The Balaban J connectivity index is 2.20. The van der Waals surface area contributed by atoms with Gasteiger partial charge in [-0.05, 0) is 13.3 Å². The van der Waals surface area contributed by atoms with Crippen molar-refractivity contribution in [1.29, 1.82) is 0 Å². The minimum absolute atomic E-state index is 0.170. The molecule has 1 N–H and O–H groups in total. The maximum atomic E-state index is 11.4. The first kappa shape index (κ1) is 11.5. The molecule has 2 unspecified atom stereocenters. The van der Waals surface area contributed by atoms with Crippen LogP contribution in [0, 0.1) is 0 Å². The van der Waals surface area contributed by atoms with Crippen molar-refractivity contribution in [3.05, 3.63) is 0 Å². The number of nitrogens with one attached hydrogen (secondary N) is 1. The molecular formula is C10H20N2O2. The van der Waals surface area contributed by atoms with Gasteiger partial charge in [-0.3, -0.25) is 4.79 Å². The first-order valence-corrected chi connectivity index (χ1v) is 5.13. The van der Waals surface area contributed by atoms with Crippen molar-refractivity contribution in [3.8, 4) is 0 Å². The summed E-state index contributed by atoms with van der Waals surface area (Å²) in [6, 6.07) is 0.663. The molecule has 82 valence electrons. The van der Waals surface area contributed by atoms with Crippen molar-refractivity contribution in [1.82, 2.24) is 10.2 Å². The fourth-order valence-corrected chi connectivity index (χ4v) is 1.57. The summed E-state index contributed by atoms with van der Waals surface area (Å²) in [4.78, 5) is 13.0. The average Bonchev–Trinajstić information content (AvgIpc) is 2.56. The quantitative estimate of drug-likeness (QED) is 0.706. The fourth-order valence-electron chi connectivity index (χ4n) is 1.57. The fraction of sp³-hybridized carbons (Fsp3) is 0.900. The largest absolute Gasteiger partial charge is 0.380 e. The van der Waals surface area contributed by atoms with Crippen LogP contribution >= 0.6 is 0 Å². The Morgan fingerprint density at radius 2 is 2.36 bits per heavy atom. The Kier molecular flexibility index (Phi) is 4.35. The Morgan fingerprint density at radius 3 is 2.86 bits per heavy atom. The number of carbonyl (C=O) groups is 1. The minimum atomic E-state index is 0.170. The van der Waals surface area contributed by atoms with E-state index in [4.69, 9.17) is 4.74 Å². The van der Waals surface area contributed by atoms with Crippen molar-refractivity contribution in [2.24, 2.45) is 0 Å². The van der Waals surface area contributed by atoms with Crippen LogP contribution in [-0.4, -0.2) is 50.2 Å². The molecule has 4 nitrogen and oxygen atoms in total. The highest BCUT2D eigenvalue weighted by molar-refractivity contribution is 5.76. The van der Waals surface area contributed by atoms with E-state index in [0.29, 0.717) is 12.5 Å². The van der Waals surface area contributed by atoms with E-state index in [2.05, 4.69) is 5.32 Å². The Bertz CT molecular complexity index is 189. The molecule has 0 aromatic rings. The number of hydrogen-bond donors (Lipinski definition) is 1. The highest BCUT2D eigenvalue weighted by Crippen LogP contribution is 2.06. The molecule has 14 heavy (non-hydrogen) atoms. The smallest absolute Gasteiger partial charge is 0.223 e. The maximum Gasteiger partial charge on any atom is 0.223 e. The first-order valence-electron chi connectivity index (χ1n) is 5.13. The van der Waals surface area contributed by atoms with Crippen LogP contribution in [0.2, 0.25) is 0 Å². The van der Waals surface area contributed by atoms with Crippen LogP contribution in [0.15, 0.2) is 0 Å². The zero-order valence-electron chi connectivity index (χ0n) is 9.25. The van der Waals surface area contributed by atoms with Crippen LogP contribution < -0.4 is 5.32 Å². The Hall–Kier alpha value is -0.610.